The standard InChI is InChI=1S/C63H86N20O11S3/c1-5-95-33-83-62(94)81-50(25-40-29-67-32-71-40)57(89)73-36(4)54(86)78-49(24-39-28-66-31-70-39)59(91)79-47(22-37-26-68-43-16-8-6-14-41(37)43)58(90)80-51-30-96-97-63(83)82-60(92)48(23-38-27-69-44-17-9-7-15-42(38)44)77-53(85)35(3)72-55(87)45(18-10-12-20-64)76-56(88)46(19-11-13-21-65)75-52(84)34(2)74-61(51)93/h6-9,14-17,26-29,31-32,34-36,45-51,63,68-69H,5,10-13,18-25,30,33,64-65H2,1-4H3,(H,66,70)(H,67,71)(H,72,87)(H,73,89)(H,74,93)(H,75,84)(H,76,88)(H,77,85)(H,78,86)(H,79,91)(H,80,90)(H,81,94)(H,82,92)/t34-,35-,36+,45-,46-,47-,48-,49-,50-,51-,63?/m0/s1. The molecule has 34 heteroatoms. The van der Waals surface area contributed by atoms with E-state index < -0.39 is 131 Å². The summed E-state index contributed by atoms with van der Waals surface area (Å²) in [4.78, 5) is 185. The number of carbonyl (C=O) groups excluding carboxylic acids is 11. The van der Waals surface area contributed by atoms with Crippen molar-refractivity contribution in [3.63, 3.8) is 0 Å². The molecule has 4 aromatic heterocycles. The minimum atomic E-state index is -1.61. The zero-order valence-corrected chi connectivity index (χ0v) is 56.7. The number of nitrogens with one attached hydrogen (secondary N) is 15. The second kappa shape index (κ2) is 36.3. The molecule has 0 spiro atoms. The molecule has 12 amide bonds. The molecule has 97 heavy (non-hydrogen) atoms. The molecule has 0 saturated carbocycles. The van der Waals surface area contributed by atoms with E-state index >= 15 is 19.2 Å². The van der Waals surface area contributed by atoms with Crippen LogP contribution in [-0.2, 0) is 73.6 Å². The van der Waals surface area contributed by atoms with Crippen molar-refractivity contribution in [3.05, 3.63) is 108 Å². The minimum absolute atomic E-state index is 0.0531. The Balaban J connectivity index is 1.26. The van der Waals surface area contributed by atoms with Crippen molar-refractivity contribution in [1.82, 2.24) is 93.3 Å². The number of thioether (sulfide) groups is 1. The van der Waals surface area contributed by atoms with Gasteiger partial charge in [0, 0.05) is 78.0 Å². The quantitative estimate of drug-likeness (QED) is 0.0373. The fourth-order valence-corrected chi connectivity index (χ4v) is 14.1. The number of fused-ring (bicyclic) bond motifs is 6. The number of unbranched alkanes of at least 4 members (excludes halogenated alkanes) is 2. The summed E-state index contributed by atoms with van der Waals surface area (Å²) < 4.78 is 0. The predicted octanol–water partition coefficient (Wildman–Crippen LogP) is -0.0539. The molecule has 2 fully saturated rings. The number of aromatic amines is 4. The third kappa shape index (κ3) is 20.9. The summed E-state index contributed by atoms with van der Waals surface area (Å²) in [6, 6.07) is -0.525. The number of aromatic nitrogens is 6. The molecule has 2 aliphatic heterocycles. The number of imidazole rings is 2. The number of amides is 12. The highest BCUT2D eigenvalue weighted by atomic mass is 33.1. The van der Waals surface area contributed by atoms with Gasteiger partial charge in [0.2, 0.25) is 59.1 Å². The summed E-state index contributed by atoms with van der Waals surface area (Å²) in [7, 11) is 1.77. The molecule has 19 N–H and O–H groups in total. The van der Waals surface area contributed by atoms with E-state index in [2.05, 4.69) is 88.4 Å². The third-order valence-electron chi connectivity index (χ3n) is 16.3. The number of nitrogens with two attached hydrogens (primary N) is 2. The van der Waals surface area contributed by atoms with Gasteiger partial charge in [0.15, 0.2) is 5.50 Å². The molecule has 2 aliphatic rings. The lowest BCUT2D eigenvalue weighted by atomic mass is 10.0. The topological polar surface area (TPSA) is 464 Å². The lowest BCUT2D eigenvalue weighted by Gasteiger charge is -2.34. The van der Waals surface area contributed by atoms with Crippen LogP contribution in [0.25, 0.3) is 21.8 Å². The largest absolute Gasteiger partial charge is 0.361 e. The average Bonchev–Trinajstić information content (AvgIpc) is 1.76. The van der Waals surface area contributed by atoms with Crippen molar-refractivity contribution >= 4 is 120 Å². The van der Waals surface area contributed by atoms with Crippen LogP contribution in [0.5, 0.6) is 0 Å². The van der Waals surface area contributed by atoms with Crippen LogP contribution in [0, 0.1) is 0 Å². The lowest BCUT2D eigenvalue weighted by Crippen LogP contribution is -2.62. The van der Waals surface area contributed by atoms with Gasteiger partial charge in [-0.25, -0.2) is 14.8 Å². The Hall–Kier alpha value is -9.12. The monoisotopic (exact) mass is 1390 g/mol. The van der Waals surface area contributed by atoms with Crippen LogP contribution < -0.4 is 70.0 Å². The highest BCUT2D eigenvalue weighted by Gasteiger charge is 2.39. The maximum atomic E-state index is 15.5. The number of benzene rings is 2. The van der Waals surface area contributed by atoms with E-state index in [1.54, 1.807) is 24.5 Å². The van der Waals surface area contributed by atoms with E-state index in [0.29, 0.717) is 64.9 Å². The molecular formula is C63H86N20O11S3. The second-order valence-electron chi connectivity index (χ2n) is 23.6. The van der Waals surface area contributed by atoms with E-state index in [4.69, 9.17) is 11.5 Å². The normalized spacial score (nSPS) is 24.7. The predicted molar refractivity (Wildman–Crippen MR) is 368 cm³/mol. The fourth-order valence-electron chi connectivity index (χ4n) is 10.9. The Morgan fingerprint density at radius 2 is 0.887 bits per heavy atom. The third-order valence-corrected chi connectivity index (χ3v) is 19.7. The molecule has 0 aliphatic carbocycles. The minimum Gasteiger partial charge on any atom is -0.361 e. The molecule has 6 aromatic rings. The van der Waals surface area contributed by atoms with Gasteiger partial charge in [0.25, 0.3) is 0 Å². The van der Waals surface area contributed by atoms with E-state index in [1.807, 2.05) is 43.3 Å². The molecule has 2 saturated heterocycles. The van der Waals surface area contributed by atoms with Crippen LogP contribution in [-0.4, -0.2) is 196 Å². The van der Waals surface area contributed by atoms with Gasteiger partial charge in [-0.2, -0.15) is 0 Å². The molecule has 31 nitrogen and oxygen atoms in total. The Morgan fingerprint density at radius 1 is 0.474 bits per heavy atom. The van der Waals surface area contributed by atoms with Crippen molar-refractivity contribution in [3.8, 4) is 0 Å². The van der Waals surface area contributed by atoms with Crippen molar-refractivity contribution < 1.29 is 52.7 Å². The van der Waals surface area contributed by atoms with Crippen LogP contribution >= 0.6 is 33.3 Å². The number of H-pyrrole nitrogens is 4. The van der Waals surface area contributed by atoms with Gasteiger partial charge in [-0.3, -0.25) is 52.8 Å². The maximum Gasteiger partial charge on any atom is 0.321 e. The molecule has 8 rings (SSSR count). The number of para-hydroxylation sites is 2. The van der Waals surface area contributed by atoms with Crippen LogP contribution in [0.1, 0.15) is 88.7 Å². The molecular weight excluding hydrogens is 1310 g/mol. The van der Waals surface area contributed by atoms with E-state index in [9.17, 15) is 33.6 Å². The van der Waals surface area contributed by atoms with Crippen LogP contribution in [0.15, 0.2) is 86.0 Å². The van der Waals surface area contributed by atoms with Crippen molar-refractivity contribution in [1.29, 1.82) is 0 Å². The Labute approximate surface area is 571 Å². The number of hydrogen-bond donors (Lipinski definition) is 17. The number of urea groups is 1. The summed E-state index contributed by atoms with van der Waals surface area (Å²) in [5, 5.41) is 31.9. The number of carbonyl (C=O) groups is 11. The molecule has 522 valence electrons. The highest BCUT2D eigenvalue weighted by molar-refractivity contribution is 8.76. The first-order valence-electron chi connectivity index (χ1n) is 32.2. The molecule has 11 atom stereocenters. The maximum absolute atomic E-state index is 15.5. The molecule has 0 radical (unpaired) electrons. The van der Waals surface area contributed by atoms with Crippen molar-refractivity contribution in [2.75, 3.05) is 30.5 Å². The smallest absolute Gasteiger partial charge is 0.321 e. The van der Waals surface area contributed by atoms with Gasteiger partial charge in [0.1, 0.15) is 60.4 Å². The highest BCUT2D eigenvalue weighted by Crippen LogP contribution is 2.31. The first-order chi connectivity index (χ1) is 46.7. The molecule has 2 bridgehead atoms. The lowest BCUT2D eigenvalue weighted by molar-refractivity contribution is -0.135. The van der Waals surface area contributed by atoms with Gasteiger partial charge in [-0.05, 0) is 112 Å². The summed E-state index contributed by atoms with van der Waals surface area (Å²) in [5.41, 5.74) is 13.5. The van der Waals surface area contributed by atoms with Gasteiger partial charge < -0.3 is 89.9 Å². The molecule has 2 aromatic carbocycles. The first kappa shape index (κ1) is 73.7. The first-order valence-corrected chi connectivity index (χ1v) is 35.7. The zero-order valence-electron chi connectivity index (χ0n) is 54.3. The number of hydrogen-bond acceptors (Lipinski definition) is 18. The summed E-state index contributed by atoms with van der Waals surface area (Å²) in [6.45, 7) is 6.50. The fraction of sp³-hybridized carbons (Fsp3) is 0.476. The Kier molecular flexibility index (Phi) is 27.6. The Morgan fingerprint density at radius 3 is 1.38 bits per heavy atom. The van der Waals surface area contributed by atoms with Crippen LogP contribution in [0.2, 0.25) is 0 Å². The number of rotatable bonds is 19. The van der Waals surface area contributed by atoms with Gasteiger partial charge in [-0.15, -0.1) is 11.8 Å². The van der Waals surface area contributed by atoms with Crippen LogP contribution in [0.4, 0.5) is 4.79 Å². The van der Waals surface area contributed by atoms with Crippen molar-refractivity contribution in [2.45, 2.75) is 158 Å². The van der Waals surface area contributed by atoms with E-state index in [1.165, 1.54) is 62.5 Å². The second-order valence-corrected chi connectivity index (χ2v) is 27.4. The van der Waals surface area contributed by atoms with E-state index in [-0.39, 0.29) is 63.2 Å². The number of nitrogens with zero attached hydrogens (tertiary/aromatic N) is 3. The van der Waals surface area contributed by atoms with Gasteiger partial charge in [0.05, 0.1) is 29.9 Å². The van der Waals surface area contributed by atoms with E-state index in [0.717, 1.165) is 32.5 Å². The summed E-state index contributed by atoms with van der Waals surface area (Å²) >= 11 is 1.26. The zero-order chi connectivity index (χ0) is 69.5. The molecule has 1 unspecified atom stereocenters. The average molecular weight is 1400 g/mol. The van der Waals surface area contributed by atoms with Gasteiger partial charge in [-0.1, -0.05) is 54.1 Å². The van der Waals surface area contributed by atoms with Gasteiger partial charge >= 0.3 is 6.03 Å². The van der Waals surface area contributed by atoms with Crippen molar-refractivity contribution in [2.24, 2.45) is 11.5 Å². The van der Waals surface area contributed by atoms with Crippen LogP contribution in [0.3, 0.4) is 0 Å². The summed E-state index contributed by atoms with van der Waals surface area (Å²) in [6.07, 6.45) is 10.1. The molecule has 6 heterocycles. The SMILES string of the molecule is CCSCN1C(=O)N[C@@H](Cc2c[nH]cn2)C(=O)N[C@H](C)C(=O)N[C@@H](Cc2c[nH]cn2)C(=O)N[C@@H](Cc2c[nH]c3ccccc23)C(=O)N[C@H]2CSSC1NC(=O)[C@H](Cc1c[nH]c3ccccc13)NC(=O)[C@H](C)NC(=O)[C@H](CCCCN)NC(=O)[C@H](CCCCN)NC(=O)[C@H](C)NC2=O. The Bertz CT molecular complexity index is 3680. The summed E-state index contributed by atoms with van der Waals surface area (Å²) in [5.74, 6) is -8.49.